The number of hydrogen-bond donors (Lipinski definition) is 0. The predicted octanol–water partition coefficient (Wildman–Crippen LogP) is 18.7. The average molecular weight is 985 g/mol. The molecule has 0 radical (unpaired) electrons. The number of methoxy groups -OCH3 is 3. The van der Waals surface area contributed by atoms with E-state index in [2.05, 4.69) is 256 Å². The van der Waals surface area contributed by atoms with Crippen LogP contribution in [0.3, 0.4) is 0 Å². The predicted molar refractivity (Wildman–Crippen MR) is 317 cm³/mol. The largest absolute Gasteiger partial charge is 0.497 e. The van der Waals surface area contributed by atoms with E-state index < -0.39 is 0 Å². The summed E-state index contributed by atoms with van der Waals surface area (Å²) in [4.78, 5) is 6.97. The highest BCUT2D eigenvalue weighted by atomic mass is 16.5. The Morgan fingerprint density at radius 2 is 0.553 bits per heavy atom. The fraction of sp³-hybridized carbons (Fsp3) is 0.0435. The van der Waals surface area contributed by atoms with Gasteiger partial charge in [0.25, 0.3) is 0 Å². The standard InChI is InChI=1S/C69H52N4O3/c1-74-63-25-11-22-55(42-63)70(58-31-28-47-14-4-7-17-50(47)38-58)53-20-10-21-54(41-53)73-68-36-34-61(71(56-23-12-26-64(43-56)75-2)59-32-29-48-15-5-8-18-51(48)39-59)45-66(68)67-46-62(35-37-69(67)73)72(57-24-13-27-65(44-57)76-3)60-33-30-49-16-6-9-19-52(49)40-60/h4-46H,1-3H3. The summed E-state index contributed by atoms with van der Waals surface area (Å²) in [6.45, 7) is 0. The van der Waals surface area contributed by atoms with E-state index in [1.54, 1.807) is 21.3 Å². The second-order valence-electron chi connectivity index (χ2n) is 19.0. The number of benzene rings is 12. The van der Waals surface area contributed by atoms with Crippen LogP contribution < -0.4 is 28.9 Å². The molecule has 7 heteroatoms. The van der Waals surface area contributed by atoms with Gasteiger partial charge in [-0.05, 0) is 160 Å². The number of hydrogen-bond acceptors (Lipinski definition) is 6. The van der Waals surface area contributed by atoms with Crippen LogP contribution in [0.2, 0.25) is 0 Å². The maximum atomic E-state index is 5.83. The zero-order valence-corrected chi connectivity index (χ0v) is 42.3. The van der Waals surface area contributed by atoms with Gasteiger partial charge in [0.15, 0.2) is 0 Å². The lowest BCUT2D eigenvalue weighted by molar-refractivity contribution is 0.415. The Morgan fingerprint density at radius 3 is 0.921 bits per heavy atom. The summed E-state index contributed by atoms with van der Waals surface area (Å²) >= 11 is 0. The van der Waals surface area contributed by atoms with E-state index in [9.17, 15) is 0 Å². The highest BCUT2D eigenvalue weighted by Gasteiger charge is 2.23. The van der Waals surface area contributed by atoms with Gasteiger partial charge in [-0.3, -0.25) is 0 Å². The fourth-order valence-corrected chi connectivity index (χ4v) is 10.9. The molecule has 0 bridgehead atoms. The molecule has 7 nitrogen and oxygen atoms in total. The minimum atomic E-state index is 0.781. The summed E-state index contributed by atoms with van der Waals surface area (Å²) in [5.41, 5.74) is 12.2. The maximum Gasteiger partial charge on any atom is 0.120 e. The first-order valence-electron chi connectivity index (χ1n) is 25.5. The van der Waals surface area contributed by atoms with Crippen LogP contribution in [-0.4, -0.2) is 25.9 Å². The van der Waals surface area contributed by atoms with Crippen molar-refractivity contribution in [2.24, 2.45) is 0 Å². The molecule has 1 heterocycles. The molecule has 0 fully saturated rings. The van der Waals surface area contributed by atoms with E-state index in [4.69, 9.17) is 14.2 Å². The zero-order chi connectivity index (χ0) is 51.1. The Hall–Kier alpha value is -9.98. The number of fused-ring (bicyclic) bond motifs is 6. The molecular weight excluding hydrogens is 933 g/mol. The molecule has 0 aliphatic carbocycles. The summed E-state index contributed by atoms with van der Waals surface area (Å²) in [7, 11) is 5.16. The van der Waals surface area contributed by atoms with E-state index in [1.807, 2.05) is 24.3 Å². The highest BCUT2D eigenvalue weighted by molar-refractivity contribution is 6.12. The van der Waals surface area contributed by atoms with Gasteiger partial charge in [-0.25, -0.2) is 0 Å². The van der Waals surface area contributed by atoms with Crippen molar-refractivity contribution < 1.29 is 14.2 Å². The summed E-state index contributed by atoms with van der Waals surface area (Å²) in [5, 5.41) is 9.22. The van der Waals surface area contributed by atoms with Crippen molar-refractivity contribution in [2.75, 3.05) is 36.0 Å². The van der Waals surface area contributed by atoms with Crippen LogP contribution in [-0.2, 0) is 0 Å². The number of ether oxygens (including phenoxy) is 3. The van der Waals surface area contributed by atoms with Crippen molar-refractivity contribution in [1.29, 1.82) is 0 Å². The first-order valence-corrected chi connectivity index (χ1v) is 25.5. The van der Waals surface area contributed by atoms with Gasteiger partial charge in [-0.2, -0.15) is 0 Å². The minimum Gasteiger partial charge on any atom is -0.497 e. The first kappa shape index (κ1) is 45.9. The van der Waals surface area contributed by atoms with Gasteiger partial charge in [-0.1, -0.05) is 115 Å². The van der Waals surface area contributed by atoms with Gasteiger partial charge in [0.2, 0.25) is 0 Å². The van der Waals surface area contributed by atoms with Crippen molar-refractivity contribution in [3.05, 3.63) is 261 Å². The first-order chi connectivity index (χ1) is 37.5. The lowest BCUT2D eigenvalue weighted by Crippen LogP contribution is -2.11. The van der Waals surface area contributed by atoms with Crippen LogP contribution in [0.5, 0.6) is 17.2 Å². The van der Waals surface area contributed by atoms with E-state index in [1.165, 1.54) is 16.2 Å². The van der Waals surface area contributed by atoms with Gasteiger partial charge >= 0.3 is 0 Å². The Balaban J connectivity index is 1.05. The third-order valence-corrected chi connectivity index (χ3v) is 14.5. The smallest absolute Gasteiger partial charge is 0.120 e. The monoisotopic (exact) mass is 984 g/mol. The van der Waals surface area contributed by atoms with Crippen LogP contribution in [0.1, 0.15) is 0 Å². The minimum absolute atomic E-state index is 0.781. The molecule has 0 saturated carbocycles. The van der Waals surface area contributed by atoms with Gasteiger partial charge in [0, 0.05) is 85.8 Å². The van der Waals surface area contributed by atoms with Crippen LogP contribution in [0.4, 0.5) is 51.2 Å². The third kappa shape index (κ3) is 8.40. The fourth-order valence-electron chi connectivity index (χ4n) is 10.9. The molecule has 0 amide bonds. The van der Waals surface area contributed by atoms with Crippen molar-refractivity contribution in [3.8, 4) is 22.9 Å². The molecule has 0 atom stereocenters. The topological polar surface area (TPSA) is 42.3 Å². The Morgan fingerprint density at radius 1 is 0.250 bits per heavy atom. The molecule has 0 aliphatic heterocycles. The SMILES string of the molecule is COc1cccc(N(c2cccc(-n3c4ccc(N(c5cccc(OC)c5)c5ccc6ccccc6c5)cc4c4cc(N(c5cccc(OC)c5)c5ccc6ccccc6c5)ccc43)c2)c2ccc3ccccc3c2)c1. The lowest BCUT2D eigenvalue weighted by atomic mass is 10.1. The van der Waals surface area contributed by atoms with Crippen molar-refractivity contribution in [1.82, 2.24) is 4.57 Å². The molecule has 12 aromatic carbocycles. The number of rotatable bonds is 13. The van der Waals surface area contributed by atoms with Crippen molar-refractivity contribution in [3.63, 3.8) is 0 Å². The summed E-state index contributed by atoms with van der Waals surface area (Å²) in [6, 6.07) is 93.0. The summed E-state index contributed by atoms with van der Waals surface area (Å²) < 4.78 is 19.9. The molecule has 13 rings (SSSR count). The van der Waals surface area contributed by atoms with Gasteiger partial charge in [-0.15, -0.1) is 0 Å². The zero-order valence-electron chi connectivity index (χ0n) is 42.3. The van der Waals surface area contributed by atoms with Crippen LogP contribution in [0, 0.1) is 0 Å². The molecular formula is C69H52N4O3. The maximum absolute atomic E-state index is 5.83. The lowest BCUT2D eigenvalue weighted by Gasteiger charge is -2.27. The average Bonchev–Trinajstić information content (AvgIpc) is 3.85. The van der Waals surface area contributed by atoms with Gasteiger partial charge < -0.3 is 33.5 Å². The normalized spacial score (nSPS) is 11.4. The quantitative estimate of drug-likeness (QED) is 0.115. The Bertz CT molecular complexity index is 4130. The molecule has 0 saturated heterocycles. The molecule has 0 spiro atoms. The molecule has 13 aromatic rings. The number of nitrogens with zero attached hydrogens (tertiary/aromatic N) is 4. The summed E-state index contributed by atoms with van der Waals surface area (Å²) in [5.74, 6) is 2.35. The molecule has 1 aromatic heterocycles. The van der Waals surface area contributed by atoms with Gasteiger partial charge in [0.05, 0.1) is 32.4 Å². The molecule has 0 N–H and O–H groups in total. The third-order valence-electron chi connectivity index (χ3n) is 14.5. The molecule has 0 aliphatic rings. The number of anilines is 9. The van der Waals surface area contributed by atoms with Crippen LogP contribution >= 0.6 is 0 Å². The number of aromatic nitrogens is 1. The summed E-state index contributed by atoms with van der Waals surface area (Å²) in [6.07, 6.45) is 0. The van der Waals surface area contributed by atoms with Crippen molar-refractivity contribution in [2.45, 2.75) is 0 Å². The molecule has 366 valence electrons. The molecule has 76 heavy (non-hydrogen) atoms. The van der Waals surface area contributed by atoms with Crippen LogP contribution in [0.15, 0.2) is 261 Å². The Kier molecular flexibility index (Phi) is 11.7. The van der Waals surface area contributed by atoms with Gasteiger partial charge in [0.1, 0.15) is 17.2 Å². The van der Waals surface area contributed by atoms with Crippen molar-refractivity contribution >= 4 is 105 Å². The second kappa shape index (κ2) is 19.5. The molecule has 0 unspecified atom stereocenters. The van der Waals surface area contributed by atoms with E-state index in [-0.39, 0.29) is 0 Å². The van der Waals surface area contributed by atoms with Crippen LogP contribution in [0.25, 0.3) is 59.8 Å². The second-order valence-corrected chi connectivity index (χ2v) is 19.0. The highest BCUT2D eigenvalue weighted by Crippen LogP contribution is 2.46. The Labute approximate surface area is 441 Å². The van der Waals surface area contributed by atoms with E-state index in [0.29, 0.717) is 0 Å². The van der Waals surface area contributed by atoms with E-state index in [0.717, 1.165) is 112 Å². The van der Waals surface area contributed by atoms with E-state index >= 15 is 0 Å².